The molecule has 1 aromatic heterocycles. The molecule has 0 bridgehead atoms. The summed E-state index contributed by atoms with van der Waals surface area (Å²) in [5, 5.41) is 3.82. The minimum absolute atomic E-state index is 0.0257. The highest BCUT2D eigenvalue weighted by molar-refractivity contribution is 6.03. The van der Waals surface area contributed by atoms with Gasteiger partial charge in [0.1, 0.15) is 6.54 Å². The number of benzene rings is 2. The van der Waals surface area contributed by atoms with Crippen LogP contribution in [-0.4, -0.2) is 41.5 Å². The number of rotatable bonds is 4. The molecule has 136 valence electrons. The van der Waals surface area contributed by atoms with Crippen LogP contribution in [0.2, 0.25) is 0 Å². The van der Waals surface area contributed by atoms with Crippen molar-refractivity contribution in [1.29, 1.82) is 0 Å². The Balaban J connectivity index is 1.47. The lowest BCUT2D eigenvalue weighted by Gasteiger charge is -2.18. The van der Waals surface area contributed by atoms with E-state index in [-0.39, 0.29) is 18.5 Å². The monoisotopic (exact) mass is 360 g/mol. The van der Waals surface area contributed by atoms with Crippen LogP contribution in [0.3, 0.4) is 0 Å². The fourth-order valence-corrected chi connectivity index (χ4v) is 3.35. The molecule has 0 radical (unpaired) electrons. The summed E-state index contributed by atoms with van der Waals surface area (Å²) in [5.74, 6) is -0.214. The Kier molecular flexibility index (Phi) is 4.46. The number of aromatic nitrogens is 1. The Morgan fingerprint density at radius 3 is 2.63 bits per heavy atom. The Morgan fingerprint density at radius 2 is 1.81 bits per heavy atom. The number of amides is 3. The lowest BCUT2D eigenvalue weighted by atomic mass is 10.1. The molecule has 1 fully saturated rings. The number of carbonyl (C=O) groups is 2. The normalized spacial score (nSPS) is 14.0. The molecular weight excluding hydrogens is 340 g/mol. The van der Waals surface area contributed by atoms with Gasteiger partial charge in [-0.05, 0) is 31.2 Å². The van der Waals surface area contributed by atoms with E-state index < -0.39 is 0 Å². The van der Waals surface area contributed by atoms with Crippen LogP contribution < -0.4 is 10.2 Å². The topological polar surface area (TPSA) is 65.5 Å². The number of urea groups is 1. The van der Waals surface area contributed by atoms with Crippen LogP contribution in [-0.2, 0) is 4.79 Å². The first-order chi connectivity index (χ1) is 13.1. The summed E-state index contributed by atoms with van der Waals surface area (Å²) in [5.41, 5.74) is 3.23. The van der Waals surface area contributed by atoms with Gasteiger partial charge < -0.3 is 10.2 Å². The summed E-state index contributed by atoms with van der Waals surface area (Å²) in [6.07, 6.45) is 0. The van der Waals surface area contributed by atoms with Crippen molar-refractivity contribution >= 4 is 34.2 Å². The van der Waals surface area contributed by atoms with Gasteiger partial charge in [-0.15, -0.1) is 0 Å². The predicted octanol–water partition coefficient (Wildman–Crippen LogP) is 3.42. The molecular formula is C21H20N4O2. The fraction of sp³-hybridized carbons (Fsp3) is 0.190. The standard InChI is InChI=1S/C21H20N4O2/c1-15-13-19(17-9-5-6-10-18(17)22-15)23-20(26)14-24-11-12-25(21(24)27)16-7-3-2-4-8-16/h2-10,13H,11-12,14H2,1H3,(H,22,23,26). The molecule has 2 aromatic carbocycles. The van der Waals surface area contributed by atoms with E-state index in [1.54, 1.807) is 9.80 Å². The summed E-state index contributed by atoms with van der Waals surface area (Å²) in [6.45, 7) is 3.02. The summed E-state index contributed by atoms with van der Waals surface area (Å²) in [7, 11) is 0. The highest BCUT2D eigenvalue weighted by atomic mass is 16.2. The van der Waals surface area contributed by atoms with E-state index in [0.717, 1.165) is 28.0 Å². The van der Waals surface area contributed by atoms with Gasteiger partial charge in [0.25, 0.3) is 0 Å². The van der Waals surface area contributed by atoms with Crippen LogP contribution in [0.15, 0.2) is 60.7 Å². The molecule has 27 heavy (non-hydrogen) atoms. The molecule has 0 aliphatic carbocycles. The van der Waals surface area contributed by atoms with E-state index in [2.05, 4.69) is 10.3 Å². The lowest BCUT2D eigenvalue weighted by molar-refractivity contribution is -0.116. The van der Waals surface area contributed by atoms with Gasteiger partial charge in [-0.25, -0.2) is 4.79 Å². The first kappa shape index (κ1) is 17.0. The van der Waals surface area contributed by atoms with Gasteiger partial charge >= 0.3 is 6.03 Å². The van der Waals surface area contributed by atoms with Crippen molar-refractivity contribution < 1.29 is 9.59 Å². The molecule has 3 aromatic rings. The average molecular weight is 360 g/mol. The number of nitrogens with zero attached hydrogens (tertiary/aromatic N) is 3. The number of hydrogen-bond acceptors (Lipinski definition) is 3. The number of para-hydroxylation sites is 2. The molecule has 6 nitrogen and oxygen atoms in total. The van der Waals surface area contributed by atoms with Crippen molar-refractivity contribution in [1.82, 2.24) is 9.88 Å². The minimum Gasteiger partial charge on any atom is -0.324 e. The van der Waals surface area contributed by atoms with Crippen LogP contribution in [0.5, 0.6) is 0 Å². The summed E-state index contributed by atoms with van der Waals surface area (Å²) < 4.78 is 0. The third-order valence-electron chi connectivity index (χ3n) is 4.62. The molecule has 0 unspecified atom stereocenters. The summed E-state index contributed by atoms with van der Waals surface area (Å²) >= 11 is 0. The number of carbonyl (C=O) groups excluding carboxylic acids is 2. The maximum absolute atomic E-state index is 12.6. The molecule has 0 spiro atoms. The van der Waals surface area contributed by atoms with Crippen LogP contribution >= 0.6 is 0 Å². The smallest absolute Gasteiger partial charge is 0.324 e. The molecule has 1 N–H and O–H groups in total. The Hall–Kier alpha value is -3.41. The first-order valence-electron chi connectivity index (χ1n) is 8.89. The summed E-state index contributed by atoms with van der Waals surface area (Å²) in [6, 6.07) is 18.9. The zero-order valence-electron chi connectivity index (χ0n) is 15.1. The van der Waals surface area contributed by atoms with Gasteiger partial charge in [0.15, 0.2) is 0 Å². The van der Waals surface area contributed by atoms with Crippen molar-refractivity contribution in [3.8, 4) is 0 Å². The minimum atomic E-state index is -0.214. The average Bonchev–Trinajstić information content (AvgIpc) is 3.02. The molecule has 2 heterocycles. The SMILES string of the molecule is Cc1cc(NC(=O)CN2CCN(c3ccccc3)C2=O)c2ccccc2n1. The maximum atomic E-state index is 12.6. The second kappa shape index (κ2) is 7.07. The van der Waals surface area contributed by atoms with Gasteiger partial charge in [0, 0.05) is 29.9 Å². The molecule has 0 saturated carbocycles. The number of pyridine rings is 1. The molecule has 1 aliphatic heterocycles. The van der Waals surface area contributed by atoms with Crippen molar-refractivity contribution in [3.05, 3.63) is 66.4 Å². The predicted molar refractivity (Wildman–Crippen MR) is 106 cm³/mol. The van der Waals surface area contributed by atoms with Gasteiger partial charge in [-0.3, -0.25) is 14.7 Å². The number of aryl methyl sites for hydroxylation is 1. The van der Waals surface area contributed by atoms with Crippen molar-refractivity contribution in [2.75, 3.05) is 29.9 Å². The largest absolute Gasteiger partial charge is 0.325 e. The summed E-state index contributed by atoms with van der Waals surface area (Å²) in [4.78, 5) is 32.9. The van der Waals surface area contributed by atoms with Gasteiger partial charge in [0.2, 0.25) is 5.91 Å². The first-order valence-corrected chi connectivity index (χ1v) is 8.89. The van der Waals surface area contributed by atoms with E-state index in [9.17, 15) is 9.59 Å². The molecule has 0 atom stereocenters. The molecule has 1 aliphatic rings. The molecule has 3 amide bonds. The Morgan fingerprint density at radius 1 is 1.07 bits per heavy atom. The number of anilines is 2. The van der Waals surface area contributed by atoms with E-state index in [0.29, 0.717) is 13.1 Å². The van der Waals surface area contributed by atoms with Crippen molar-refractivity contribution in [2.45, 2.75) is 6.92 Å². The molecule has 6 heteroatoms. The van der Waals surface area contributed by atoms with Crippen molar-refractivity contribution in [2.24, 2.45) is 0 Å². The van der Waals surface area contributed by atoms with Crippen LogP contribution in [0.1, 0.15) is 5.69 Å². The van der Waals surface area contributed by atoms with E-state index in [4.69, 9.17) is 0 Å². The zero-order valence-corrected chi connectivity index (χ0v) is 15.1. The third kappa shape index (κ3) is 3.46. The van der Waals surface area contributed by atoms with Crippen LogP contribution in [0, 0.1) is 6.92 Å². The highest BCUT2D eigenvalue weighted by Gasteiger charge is 2.30. The second-order valence-corrected chi connectivity index (χ2v) is 6.57. The number of nitrogens with one attached hydrogen (secondary N) is 1. The van der Waals surface area contributed by atoms with Crippen molar-refractivity contribution in [3.63, 3.8) is 0 Å². The quantitative estimate of drug-likeness (QED) is 0.775. The van der Waals surface area contributed by atoms with Crippen LogP contribution in [0.25, 0.3) is 10.9 Å². The molecule has 4 rings (SSSR count). The zero-order chi connectivity index (χ0) is 18.8. The Labute approximate surface area is 157 Å². The fourth-order valence-electron chi connectivity index (χ4n) is 3.35. The second-order valence-electron chi connectivity index (χ2n) is 6.57. The third-order valence-corrected chi connectivity index (χ3v) is 4.62. The van der Waals surface area contributed by atoms with E-state index >= 15 is 0 Å². The number of hydrogen-bond donors (Lipinski definition) is 1. The highest BCUT2D eigenvalue weighted by Crippen LogP contribution is 2.23. The Bertz CT molecular complexity index is 1000. The van der Waals surface area contributed by atoms with Crippen LogP contribution in [0.4, 0.5) is 16.2 Å². The van der Waals surface area contributed by atoms with Gasteiger partial charge in [-0.2, -0.15) is 0 Å². The maximum Gasteiger partial charge on any atom is 0.325 e. The number of fused-ring (bicyclic) bond motifs is 1. The van der Waals surface area contributed by atoms with Gasteiger partial charge in [-0.1, -0.05) is 36.4 Å². The molecule has 1 saturated heterocycles. The van der Waals surface area contributed by atoms with E-state index in [1.807, 2.05) is 67.6 Å². The van der Waals surface area contributed by atoms with Gasteiger partial charge in [0.05, 0.1) is 11.2 Å². The van der Waals surface area contributed by atoms with E-state index in [1.165, 1.54) is 0 Å². The lowest BCUT2D eigenvalue weighted by Crippen LogP contribution is -2.37.